The Morgan fingerprint density at radius 1 is 1.20 bits per heavy atom. The quantitative estimate of drug-likeness (QED) is 0.476. The molecule has 0 fully saturated rings. The standard InChI is InChI=1S/C20H34N4O/c1-15(2)8-6-9-16(3)24-20(22-5)23-13-12-17-10-7-11-18(14-17)19(25)21-4/h7,10-11,14-16H,6,8-9,12-13H2,1-5H3,(H,21,25)(H2,22,23,24). The number of carbonyl (C=O) groups excluding carboxylic acids is 1. The zero-order valence-electron chi connectivity index (χ0n) is 16.4. The zero-order valence-corrected chi connectivity index (χ0v) is 16.4. The van der Waals surface area contributed by atoms with Crippen molar-refractivity contribution < 1.29 is 4.79 Å². The van der Waals surface area contributed by atoms with Crippen molar-refractivity contribution in [1.82, 2.24) is 16.0 Å². The second-order valence-electron chi connectivity index (χ2n) is 6.90. The first kappa shape index (κ1) is 21.0. The molecular weight excluding hydrogens is 312 g/mol. The van der Waals surface area contributed by atoms with Crippen LogP contribution in [-0.2, 0) is 6.42 Å². The highest BCUT2D eigenvalue weighted by molar-refractivity contribution is 5.94. The summed E-state index contributed by atoms with van der Waals surface area (Å²) in [7, 11) is 3.44. The molecule has 5 nitrogen and oxygen atoms in total. The number of rotatable bonds is 9. The SMILES string of the molecule is CN=C(NCCc1cccc(C(=O)NC)c1)NC(C)CCCC(C)C. The molecule has 1 atom stereocenters. The van der Waals surface area contributed by atoms with E-state index in [0.717, 1.165) is 36.8 Å². The summed E-state index contributed by atoms with van der Waals surface area (Å²) in [6.45, 7) is 7.49. The molecule has 3 N–H and O–H groups in total. The van der Waals surface area contributed by atoms with Crippen molar-refractivity contribution in [2.45, 2.75) is 52.5 Å². The van der Waals surface area contributed by atoms with Gasteiger partial charge in [0.1, 0.15) is 0 Å². The minimum Gasteiger partial charge on any atom is -0.356 e. The highest BCUT2D eigenvalue weighted by Gasteiger charge is 2.07. The van der Waals surface area contributed by atoms with Crippen molar-refractivity contribution in [1.29, 1.82) is 0 Å². The summed E-state index contributed by atoms with van der Waals surface area (Å²) in [5.41, 5.74) is 1.83. The molecule has 1 amide bonds. The maximum atomic E-state index is 11.7. The third kappa shape index (κ3) is 8.57. The van der Waals surface area contributed by atoms with Gasteiger partial charge in [0.05, 0.1) is 0 Å². The highest BCUT2D eigenvalue weighted by Crippen LogP contribution is 2.08. The molecule has 1 aromatic carbocycles. The molecular formula is C20H34N4O. The Labute approximate surface area is 152 Å². The summed E-state index contributed by atoms with van der Waals surface area (Å²) in [5, 5.41) is 9.44. The molecule has 140 valence electrons. The molecule has 0 aliphatic rings. The molecule has 0 saturated carbocycles. The van der Waals surface area contributed by atoms with Gasteiger partial charge in [0.2, 0.25) is 0 Å². The van der Waals surface area contributed by atoms with Gasteiger partial charge in [0.15, 0.2) is 5.96 Å². The van der Waals surface area contributed by atoms with Gasteiger partial charge in [0.25, 0.3) is 5.91 Å². The lowest BCUT2D eigenvalue weighted by atomic mass is 10.0. The summed E-state index contributed by atoms with van der Waals surface area (Å²) in [6, 6.07) is 8.13. The second-order valence-corrected chi connectivity index (χ2v) is 6.90. The van der Waals surface area contributed by atoms with E-state index in [0.29, 0.717) is 11.6 Å². The van der Waals surface area contributed by atoms with Crippen LogP contribution in [0.3, 0.4) is 0 Å². The molecule has 0 aliphatic heterocycles. The molecule has 25 heavy (non-hydrogen) atoms. The first-order valence-corrected chi connectivity index (χ1v) is 9.24. The molecule has 0 saturated heterocycles. The van der Waals surface area contributed by atoms with E-state index in [1.54, 1.807) is 14.1 Å². The Kier molecular flexibility index (Phi) is 9.66. The van der Waals surface area contributed by atoms with Crippen LogP contribution in [0.1, 0.15) is 56.0 Å². The van der Waals surface area contributed by atoms with Crippen LogP contribution in [-0.4, -0.2) is 38.5 Å². The van der Waals surface area contributed by atoms with Crippen molar-refractivity contribution in [3.8, 4) is 0 Å². The van der Waals surface area contributed by atoms with Crippen molar-refractivity contribution in [2.24, 2.45) is 10.9 Å². The number of nitrogens with zero attached hydrogens (tertiary/aromatic N) is 1. The molecule has 0 bridgehead atoms. The van der Waals surface area contributed by atoms with Gasteiger partial charge in [0, 0.05) is 32.2 Å². The average molecular weight is 347 g/mol. The van der Waals surface area contributed by atoms with E-state index >= 15 is 0 Å². The topological polar surface area (TPSA) is 65.5 Å². The normalized spacial score (nSPS) is 12.8. The van der Waals surface area contributed by atoms with Crippen LogP contribution < -0.4 is 16.0 Å². The number of hydrogen-bond donors (Lipinski definition) is 3. The van der Waals surface area contributed by atoms with Crippen LogP contribution in [0.5, 0.6) is 0 Å². The minimum absolute atomic E-state index is 0.0532. The van der Waals surface area contributed by atoms with E-state index in [1.165, 1.54) is 12.8 Å². The van der Waals surface area contributed by atoms with Crippen LogP contribution in [0.2, 0.25) is 0 Å². The van der Waals surface area contributed by atoms with Gasteiger partial charge in [-0.05, 0) is 43.4 Å². The Hall–Kier alpha value is -2.04. The fraction of sp³-hybridized carbons (Fsp3) is 0.600. The van der Waals surface area contributed by atoms with E-state index < -0.39 is 0 Å². The summed E-state index contributed by atoms with van der Waals surface area (Å²) in [5.74, 6) is 1.54. The second kappa shape index (κ2) is 11.5. The summed E-state index contributed by atoms with van der Waals surface area (Å²) >= 11 is 0. The zero-order chi connectivity index (χ0) is 18.7. The fourth-order valence-electron chi connectivity index (χ4n) is 2.67. The summed E-state index contributed by atoms with van der Waals surface area (Å²) in [6.07, 6.45) is 4.48. The van der Waals surface area contributed by atoms with Crippen molar-refractivity contribution in [3.63, 3.8) is 0 Å². The van der Waals surface area contributed by atoms with Crippen LogP contribution in [0.15, 0.2) is 29.3 Å². The monoisotopic (exact) mass is 346 g/mol. The first-order valence-electron chi connectivity index (χ1n) is 9.24. The van der Waals surface area contributed by atoms with Crippen LogP contribution in [0, 0.1) is 5.92 Å². The van der Waals surface area contributed by atoms with Gasteiger partial charge >= 0.3 is 0 Å². The van der Waals surface area contributed by atoms with Crippen molar-refractivity contribution in [3.05, 3.63) is 35.4 Å². The van der Waals surface area contributed by atoms with Crippen molar-refractivity contribution >= 4 is 11.9 Å². The maximum Gasteiger partial charge on any atom is 0.251 e. The third-order valence-corrected chi connectivity index (χ3v) is 4.15. The molecule has 0 aliphatic carbocycles. The number of carbonyl (C=O) groups is 1. The van der Waals surface area contributed by atoms with Gasteiger partial charge in [-0.25, -0.2) is 0 Å². The molecule has 0 aromatic heterocycles. The summed E-state index contributed by atoms with van der Waals surface area (Å²) in [4.78, 5) is 16.0. The molecule has 0 radical (unpaired) electrons. The van der Waals surface area contributed by atoms with Gasteiger partial charge in [-0.2, -0.15) is 0 Å². The first-order chi connectivity index (χ1) is 12.0. The van der Waals surface area contributed by atoms with Gasteiger partial charge in [-0.3, -0.25) is 9.79 Å². The van der Waals surface area contributed by atoms with Crippen LogP contribution in [0.25, 0.3) is 0 Å². The van der Waals surface area contributed by atoms with E-state index in [9.17, 15) is 4.79 Å². The van der Waals surface area contributed by atoms with E-state index in [2.05, 4.69) is 41.7 Å². The van der Waals surface area contributed by atoms with Gasteiger partial charge in [-0.1, -0.05) is 38.8 Å². The molecule has 5 heteroatoms. The number of benzene rings is 1. The lowest BCUT2D eigenvalue weighted by molar-refractivity contribution is 0.0963. The largest absolute Gasteiger partial charge is 0.356 e. The smallest absolute Gasteiger partial charge is 0.251 e. The Balaban J connectivity index is 2.39. The predicted molar refractivity (Wildman–Crippen MR) is 106 cm³/mol. The average Bonchev–Trinajstić information content (AvgIpc) is 2.60. The van der Waals surface area contributed by atoms with Crippen molar-refractivity contribution in [2.75, 3.05) is 20.6 Å². The highest BCUT2D eigenvalue weighted by atomic mass is 16.1. The number of aliphatic imine (C=N–C) groups is 1. The van der Waals surface area contributed by atoms with Gasteiger partial charge < -0.3 is 16.0 Å². The molecule has 1 unspecified atom stereocenters. The number of amides is 1. The Morgan fingerprint density at radius 2 is 1.96 bits per heavy atom. The predicted octanol–water partition coefficient (Wildman–Crippen LogP) is 2.97. The van der Waals surface area contributed by atoms with Gasteiger partial charge in [-0.15, -0.1) is 0 Å². The molecule has 1 aromatic rings. The molecule has 0 heterocycles. The van der Waals surface area contributed by atoms with Crippen LogP contribution in [0.4, 0.5) is 0 Å². The van der Waals surface area contributed by atoms with E-state index in [1.807, 2.05) is 24.3 Å². The number of nitrogens with one attached hydrogen (secondary N) is 3. The maximum absolute atomic E-state index is 11.7. The lowest BCUT2D eigenvalue weighted by Crippen LogP contribution is -2.42. The number of hydrogen-bond acceptors (Lipinski definition) is 2. The molecule has 1 rings (SSSR count). The third-order valence-electron chi connectivity index (χ3n) is 4.15. The Morgan fingerprint density at radius 3 is 2.60 bits per heavy atom. The summed E-state index contributed by atoms with van der Waals surface area (Å²) < 4.78 is 0. The van der Waals surface area contributed by atoms with Crippen LogP contribution >= 0.6 is 0 Å². The Bertz CT molecular complexity index is 554. The lowest BCUT2D eigenvalue weighted by Gasteiger charge is -2.18. The fourth-order valence-corrected chi connectivity index (χ4v) is 2.67. The molecule has 0 spiro atoms. The number of guanidine groups is 1. The van der Waals surface area contributed by atoms with E-state index in [-0.39, 0.29) is 5.91 Å². The minimum atomic E-state index is -0.0532. The van der Waals surface area contributed by atoms with E-state index in [4.69, 9.17) is 0 Å².